The van der Waals surface area contributed by atoms with Crippen molar-refractivity contribution in [3.8, 4) is 0 Å². The van der Waals surface area contributed by atoms with Gasteiger partial charge in [0.15, 0.2) is 0 Å². The van der Waals surface area contributed by atoms with Crippen LogP contribution in [0.25, 0.3) is 0 Å². The molecule has 0 radical (unpaired) electrons. The summed E-state index contributed by atoms with van der Waals surface area (Å²) in [6.07, 6.45) is 1.71. The highest BCUT2D eigenvalue weighted by Gasteiger charge is 2.36. The predicted octanol–water partition coefficient (Wildman–Crippen LogP) is 2.15. The number of hydrogen-bond acceptors (Lipinski definition) is 3. The first-order valence-electron chi connectivity index (χ1n) is 8.09. The van der Waals surface area contributed by atoms with Crippen molar-refractivity contribution in [3.63, 3.8) is 0 Å². The first-order valence-corrected chi connectivity index (χ1v) is 8.09. The third-order valence-electron chi connectivity index (χ3n) is 4.44. The molecule has 0 aliphatic carbocycles. The first kappa shape index (κ1) is 16.2. The summed E-state index contributed by atoms with van der Waals surface area (Å²) >= 11 is 0. The van der Waals surface area contributed by atoms with E-state index in [1.54, 1.807) is 22.9 Å². The molecular formula is C19H21N3O2. The first-order chi connectivity index (χ1) is 11.6. The van der Waals surface area contributed by atoms with Crippen LogP contribution in [0.2, 0.25) is 0 Å². The van der Waals surface area contributed by atoms with Crippen molar-refractivity contribution < 1.29 is 9.59 Å². The molecule has 1 aliphatic rings. The fraction of sp³-hybridized carbons (Fsp3) is 0.316. The van der Waals surface area contributed by atoms with Crippen LogP contribution in [-0.4, -0.2) is 39.2 Å². The highest BCUT2D eigenvalue weighted by atomic mass is 16.2. The topological polar surface area (TPSA) is 53.5 Å². The maximum atomic E-state index is 12.7. The number of nitrogens with zero attached hydrogens (tertiary/aromatic N) is 3. The summed E-state index contributed by atoms with van der Waals surface area (Å²) < 4.78 is 0. The molecule has 0 N–H and O–H groups in total. The van der Waals surface area contributed by atoms with Gasteiger partial charge in [-0.25, -0.2) is 0 Å². The number of rotatable bonds is 4. The lowest BCUT2D eigenvalue weighted by molar-refractivity contribution is -0.156. The molecule has 124 valence electrons. The zero-order valence-electron chi connectivity index (χ0n) is 14.0. The van der Waals surface area contributed by atoms with Gasteiger partial charge in [0.2, 0.25) is 11.8 Å². The van der Waals surface area contributed by atoms with Crippen LogP contribution in [0.1, 0.15) is 23.7 Å². The van der Waals surface area contributed by atoms with Gasteiger partial charge in [-0.1, -0.05) is 36.4 Å². The van der Waals surface area contributed by atoms with Gasteiger partial charge in [0, 0.05) is 12.7 Å². The summed E-state index contributed by atoms with van der Waals surface area (Å²) in [6, 6.07) is 13.1. The Morgan fingerprint density at radius 3 is 2.54 bits per heavy atom. The van der Waals surface area contributed by atoms with Crippen molar-refractivity contribution >= 4 is 11.8 Å². The number of carbonyl (C=O) groups excluding carboxylic acids is 2. The van der Waals surface area contributed by atoms with Crippen molar-refractivity contribution in [2.45, 2.75) is 33.0 Å². The lowest BCUT2D eigenvalue weighted by Gasteiger charge is -2.38. The third-order valence-corrected chi connectivity index (χ3v) is 4.44. The van der Waals surface area contributed by atoms with E-state index in [0.717, 1.165) is 16.8 Å². The predicted molar refractivity (Wildman–Crippen MR) is 90.8 cm³/mol. The van der Waals surface area contributed by atoms with Crippen LogP contribution in [-0.2, 0) is 22.7 Å². The van der Waals surface area contributed by atoms with E-state index in [0.29, 0.717) is 13.1 Å². The maximum absolute atomic E-state index is 12.7. The van der Waals surface area contributed by atoms with Gasteiger partial charge in [-0.2, -0.15) is 0 Å². The summed E-state index contributed by atoms with van der Waals surface area (Å²) in [6.45, 7) is 4.70. The molecule has 1 saturated heterocycles. The monoisotopic (exact) mass is 323 g/mol. The smallest absolute Gasteiger partial charge is 0.245 e. The summed E-state index contributed by atoms with van der Waals surface area (Å²) in [5.74, 6) is -0.0601. The molecule has 5 heteroatoms. The zero-order valence-corrected chi connectivity index (χ0v) is 14.0. The number of carbonyl (C=O) groups is 2. The molecule has 5 nitrogen and oxygen atoms in total. The molecule has 3 rings (SSSR count). The quantitative estimate of drug-likeness (QED) is 0.866. The second-order valence-electron chi connectivity index (χ2n) is 6.14. The van der Waals surface area contributed by atoms with E-state index in [-0.39, 0.29) is 18.4 Å². The summed E-state index contributed by atoms with van der Waals surface area (Å²) in [5.41, 5.74) is 2.89. The highest BCUT2D eigenvalue weighted by Crippen LogP contribution is 2.18. The highest BCUT2D eigenvalue weighted by molar-refractivity contribution is 5.94. The fourth-order valence-corrected chi connectivity index (χ4v) is 2.95. The molecule has 2 amide bonds. The van der Waals surface area contributed by atoms with Crippen molar-refractivity contribution in [3.05, 3.63) is 65.5 Å². The number of hydrogen-bond donors (Lipinski definition) is 0. The lowest BCUT2D eigenvalue weighted by atomic mass is 10.1. The zero-order chi connectivity index (χ0) is 17.1. The molecule has 1 aromatic carbocycles. The number of aromatic nitrogens is 1. The molecule has 0 bridgehead atoms. The van der Waals surface area contributed by atoms with Gasteiger partial charge < -0.3 is 9.80 Å². The van der Waals surface area contributed by atoms with Crippen LogP contribution in [0.4, 0.5) is 0 Å². The average Bonchev–Trinajstić information content (AvgIpc) is 2.59. The van der Waals surface area contributed by atoms with Gasteiger partial charge in [-0.15, -0.1) is 0 Å². The molecule has 1 aliphatic heterocycles. The number of amides is 2. The number of benzene rings is 1. The third kappa shape index (κ3) is 3.30. The van der Waals surface area contributed by atoms with Gasteiger partial charge >= 0.3 is 0 Å². The minimum absolute atomic E-state index is 0.0213. The summed E-state index contributed by atoms with van der Waals surface area (Å²) in [4.78, 5) is 32.8. The minimum Gasteiger partial charge on any atom is -0.327 e. The van der Waals surface area contributed by atoms with Crippen LogP contribution in [0.3, 0.4) is 0 Å². The Hall–Kier alpha value is -2.69. The van der Waals surface area contributed by atoms with Crippen LogP contribution in [0, 0.1) is 6.92 Å². The molecule has 2 aromatic rings. The molecular weight excluding hydrogens is 302 g/mol. The van der Waals surface area contributed by atoms with E-state index < -0.39 is 6.04 Å². The molecule has 2 heterocycles. The van der Waals surface area contributed by atoms with E-state index in [9.17, 15) is 9.59 Å². The van der Waals surface area contributed by atoms with Gasteiger partial charge in [0.25, 0.3) is 0 Å². The van der Waals surface area contributed by atoms with Gasteiger partial charge in [-0.3, -0.25) is 14.6 Å². The van der Waals surface area contributed by atoms with Crippen LogP contribution < -0.4 is 0 Å². The minimum atomic E-state index is -0.476. The van der Waals surface area contributed by atoms with E-state index >= 15 is 0 Å². The Balaban J connectivity index is 1.74. The van der Waals surface area contributed by atoms with E-state index in [2.05, 4.69) is 4.98 Å². The van der Waals surface area contributed by atoms with Gasteiger partial charge in [0.05, 0.1) is 12.2 Å². The maximum Gasteiger partial charge on any atom is 0.245 e. The number of aryl methyl sites for hydroxylation is 1. The fourth-order valence-electron chi connectivity index (χ4n) is 2.95. The Kier molecular flexibility index (Phi) is 4.60. The van der Waals surface area contributed by atoms with Crippen molar-refractivity contribution in [2.75, 3.05) is 6.54 Å². The van der Waals surface area contributed by atoms with Gasteiger partial charge in [-0.05, 0) is 31.0 Å². The van der Waals surface area contributed by atoms with Crippen molar-refractivity contribution in [1.29, 1.82) is 0 Å². The molecule has 0 spiro atoms. The van der Waals surface area contributed by atoms with Crippen molar-refractivity contribution in [1.82, 2.24) is 14.8 Å². The Bertz CT molecular complexity index is 745. The summed E-state index contributed by atoms with van der Waals surface area (Å²) in [7, 11) is 0. The van der Waals surface area contributed by atoms with Crippen LogP contribution in [0.5, 0.6) is 0 Å². The normalized spacial score (nSPS) is 18.2. The molecule has 0 saturated carbocycles. The van der Waals surface area contributed by atoms with E-state index in [1.165, 1.54) is 0 Å². The molecule has 1 aromatic heterocycles. The Labute approximate surface area is 141 Å². The standard InChI is InChI=1S/C19H21N3O2/c1-14-7-6-10-20-17(14)12-22-15(2)19(24)21(13-18(22)23)11-16-8-4-3-5-9-16/h3-10,15H,11-13H2,1-2H3/t15-/m1/s1. The largest absolute Gasteiger partial charge is 0.327 e. The number of pyridine rings is 1. The summed E-state index contributed by atoms with van der Waals surface area (Å²) in [5, 5.41) is 0. The number of piperazine rings is 1. The second-order valence-corrected chi connectivity index (χ2v) is 6.14. The molecule has 1 atom stereocenters. The van der Waals surface area contributed by atoms with E-state index in [1.807, 2.05) is 49.4 Å². The van der Waals surface area contributed by atoms with E-state index in [4.69, 9.17) is 0 Å². The van der Waals surface area contributed by atoms with Crippen molar-refractivity contribution in [2.24, 2.45) is 0 Å². The average molecular weight is 323 g/mol. The molecule has 1 fully saturated rings. The van der Waals surface area contributed by atoms with Gasteiger partial charge in [0.1, 0.15) is 12.6 Å². The second kappa shape index (κ2) is 6.83. The van der Waals surface area contributed by atoms with Crippen LogP contribution in [0.15, 0.2) is 48.7 Å². The molecule has 24 heavy (non-hydrogen) atoms. The molecule has 0 unspecified atom stereocenters. The SMILES string of the molecule is Cc1cccnc1CN1C(=O)CN(Cc2ccccc2)C(=O)[C@H]1C. The Morgan fingerprint density at radius 1 is 1.08 bits per heavy atom. The Morgan fingerprint density at radius 2 is 1.83 bits per heavy atom. The van der Waals surface area contributed by atoms with Crippen LogP contribution >= 0.6 is 0 Å². The lowest BCUT2D eigenvalue weighted by Crippen LogP contribution is -2.58.